The van der Waals surface area contributed by atoms with E-state index in [1.165, 1.54) is 6.92 Å². The quantitative estimate of drug-likeness (QED) is 0.231. The zero-order valence-electron chi connectivity index (χ0n) is 19.5. The van der Waals surface area contributed by atoms with Crippen LogP contribution in [0.4, 0.5) is 13.2 Å². The van der Waals surface area contributed by atoms with Gasteiger partial charge in [0.15, 0.2) is 12.1 Å². The van der Waals surface area contributed by atoms with Crippen LogP contribution in [0.15, 0.2) is 52.1 Å². The Morgan fingerprint density at radius 2 is 1.97 bits per heavy atom. The number of hydrogen-bond acceptors (Lipinski definition) is 7. The van der Waals surface area contributed by atoms with Gasteiger partial charge in [-0.25, -0.2) is 9.67 Å². The number of aromatic nitrogens is 3. The molecule has 1 aromatic heterocycles. The first-order valence-corrected chi connectivity index (χ1v) is 12.5. The van der Waals surface area contributed by atoms with Crippen molar-refractivity contribution in [2.45, 2.75) is 49.8 Å². The summed E-state index contributed by atoms with van der Waals surface area (Å²) in [5.41, 5.74) is 8.47. The van der Waals surface area contributed by atoms with E-state index in [1.807, 2.05) is 6.07 Å². The Bertz CT molecular complexity index is 1390. The summed E-state index contributed by atoms with van der Waals surface area (Å²) < 4.78 is 60.7. The van der Waals surface area contributed by atoms with Crippen molar-refractivity contribution in [1.29, 1.82) is 0 Å². The number of rotatable bonds is 4. The number of hydrogen-bond donors (Lipinski definition) is 1. The highest BCUT2D eigenvalue weighted by Crippen LogP contribution is 2.43. The number of alkyl halides is 3. The standard InChI is InChI=1S/C23H19BrClF3N6O4/c1-10-30-21(34(32-10)14-8-12(25)7-13(24)16(14)23(26,27)28)20-18(35)17(31-33-29)19-15(37-20)9-36-22(38-19)11-5-3-2-4-6-11/h2-8,15,17-20,22,35H,9H2,1H3/t15?,17?,18?,19-,20+,22?/m0/s1. The fourth-order valence-corrected chi connectivity index (χ4v) is 5.62. The molecule has 3 heterocycles. The van der Waals surface area contributed by atoms with Gasteiger partial charge in [-0.3, -0.25) is 0 Å². The van der Waals surface area contributed by atoms with E-state index in [1.54, 1.807) is 24.3 Å². The van der Waals surface area contributed by atoms with Crippen LogP contribution in [-0.4, -0.2) is 50.8 Å². The molecule has 10 nitrogen and oxygen atoms in total. The number of nitrogens with zero attached hydrogens (tertiary/aromatic N) is 6. The summed E-state index contributed by atoms with van der Waals surface area (Å²) in [5, 5.41) is 19.2. The predicted molar refractivity (Wildman–Crippen MR) is 130 cm³/mol. The van der Waals surface area contributed by atoms with Crippen molar-refractivity contribution in [2.24, 2.45) is 5.11 Å². The third-order valence-electron chi connectivity index (χ3n) is 6.17. The van der Waals surface area contributed by atoms with Crippen LogP contribution in [0.25, 0.3) is 16.1 Å². The number of aliphatic hydroxyl groups excluding tert-OH is 1. The number of fused-ring (bicyclic) bond motifs is 1. The molecule has 5 rings (SSSR count). The first-order chi connectivity index (χ1) is 18.1. The normalized spacial score (nSPS) is 27.4. The largest absolute Gasteiger partial charge is 0.419 e. The van der Waals surface area contributed by atoms with E-state index < -0.39 is 54.2 Å². The minimum Gasteiger partial charge on any atom is -0.389 e. The maximum atomic E-state index is 14.0. The first kappa shape index (κ1) is 26.9. The SMILES string of the molecule is Cc1nc([C@@H]2OC3COC(c4ccccc4)O[C@@H]3C(N=[N+]=[N-])C2O)n(-c2cc(Cl)cc(Br)c2C(F)(F)F)n1. The van der Waals surface area contributed by atoms with E-state index in [0.717, 1.165) is 16.8 Å². The highest BCUT2D eigenvalue weighted by atomic mass is 79.9. The molecule has 2 aromatic carbocycles. The molecule has 200 valence electrons. The molecule has 0 saturated carbocycles. The average Bonchev–Trinajstić information content (AvgIpc) is 3.25. The van der Waals surface area contributed by atoms with Crippen molar-refractivity contribution in [2.75, 3.05) is 6.61 Å². The van der Waals surface area contributed by atoms with Gasteiger partial charge in [-0.05, 0) is 24.6 Å². The molecule has 38 heavy (non-hydrogen) atoms. The fourth-order valence-electron chi connectivity index (χ4n) is 4.60. The van der Waals surface area contributed by atoms with Crippen molar-refractivity contribution in [1.82, 2.24) is 14.8 Å². The van der Waals surface area contributed by atoms with Gasteiger partial charge in [-0.2, -0.15) is 18.3 Å². The second-order valence-corrected chi connectivity index (χ2v) is 9.96. The molecule has 6 atom stereocenters. The lowest BCUT2D eigenvalue weighted by Crippen LogP contribution is -2.58. The van der Waals surface area contributed by atoms with Gasteiger partial charge < -0.3 is 19.3 Å². The molecule has 0 bridgehead atoms. The van der Waals surface area contributed by atoms with Crippen molar-refractivity contribution in [3.63, 3.8) is 0 Å². The van der Waals surface area contributed by atoms with E-state index in [4.69, 9.17) is 25.8 Å². The van der Waals surface area contributed by atoms with Crippen LogP contribution in [0.3, 0.4) is 0 Å². The van der Waals surface area contributed by atoms with E-state index in [2.05, 4.69) is 36.0 Å². The highest BCUT2D eigenvalue weighted by Gasteiger charge is 2.51. The van der Waals surface area contributed by atoms with Crippen LogP contribution in [0.5, 0.6) is 0 Å². The molecule has 15 heteroatoms. The number of aryl methyl sites for hydroxylation is 1. The molecule has 2 fully saturated rings. The van der Waals surface area contributed by atoms with Crippen molar-refractivity contribution >= 4 is 27.5 Å². The maximum absolute atomic E-state index is 14.0. The van der Waals surface area contributed by atoms with Crippen LogP contribution in [0.1, 0.15) is 35.2 Å². The number of ether oxygens (including phenoxy) is 3. The molecule has 4 unspecified atom stereocenters. The molecular formula is C23H19BrClF3N6O4. The van der Waals surface area contributed by atoms with Crippen molar-refractivity contribution < 1.29 is 32.5 Å². The lowest BCUT2D eigenvalue weighted by molar-refractivity contribution is -0.309. The Labute approximate surface area is 227 Å². The minimum absolute atomic E-state index is 0.00543. The van der Waals surface area contributed by atoms with E-state index in [-0.39, 0.29) is 27.8 Å². The van der Waals surface area contributed by atoms with Gasteiger partial charge >= 0.3 is 6.18 Å². The topological polar surface area (TPSA) is 127 Å². The Morgan fingerprint density at radius 1 is 1.24 bits per heavy atom. The number of halogens is 5. The maximum Gasteiger partial charge on any atom is 0.419 e. The summed E-state index contributed by atoms with van der Waals surface area (Å²) in [6.07, 6.45) is -10.2. The molecule has 0 spiro atoms. The monoisotopic (exact) mass is 614 g/mol. The molecule has 2 aliphatic heterocycles. The highest BCUT2D eigenvalue weighted by molar-refractivity contribution is 9.10. The van der Waals surface area contributed by atoms with Crippen molar-refractivity contribution in [3.05, 3.63) is 85.2 Å². The first-order valence-electron chi connectivity index (χ1n) is 11.3. The van der Waals surface area contributed by atoms with Gasteiger partial charge in [0.1, 0.15) is 24.1 Å². The van der Waals surface area contributed by atoms with Crippen LogP contribution >= 0.6 is 27.5 Å². The summed E-state index contributed by atoms with van der Waals surface area (Å²) in [6, 6.07) is 10.1. The Kier molecular flexibility index (Phi) is 7.40. The number of aliphatic hydroxyl groups is 1. The molecule has 3 aromatic rings. The molecule has 2 saturated heterocycles. The molecule has 2 aliphatic rings. The summed E-state index contributed by atoms with van der Waals surface area (Å²) in [6.45, 7) is 1.47. The van der Waals surface area contributed by atoms with E-state index in [0.29, 0.717) is 5.56 Å². The van der Waals surface area contributed by atoms with Gasteiger partial charge in [-0.1, -0.05) is 63.0 Å². The second kappa shape index (κ2) is 10.5. The third-order valence-corrected chi connectivity index (χ3v) is 7.02. The van der Waals surface area contributed by atoms with Crippen LogP contribution in [0.2, 0.25) is 5.02 Å². The second-order valence-electron chi connectivity index (χ2n) is 8.67. The van der Waals surface area contributed by atoms with Gasteiger partial charge in [0, 0.05) is 20.0 Å². The van der Waals surface area contributed by atoms with Crippen molar-refractivity contribution in [3.8, 4) is 5.69 Å². The molecule has 0 amide bonds. The Hall–Kier alpha value is -2.71. The van der Waals surface area contributed by atoms with Crippen LogP contribution in [0, 0.1) is 6.92 Å². The summed E-state index contributed by atoms with van der Waals surface area (Å²) in [4.78, 5) is 7.12. The predicted octanol–water partition coefficient (Wildman–Crippen LogP) is 5.60. The van der Waals surface area contributed by atoms with Gasteiger partial charge in [0.25, 0.3) is 0 Å². The van der Waals surface area contributed by atoms with Crippen LogP contribution in [-0.2, 0) is 20.4 Å². The number of benzene rings is 2. The van der Waals surface area contributed by atoms with E-state index in [9.17, 15) is 23.8 Å². The van der Waals surface area contributed by atoms with Gasteiger partial charge in [0.05, 0.1) is 30.0 Å². The molecule has 1 N–H and O–H groups in total. The smallest absolute Gasteiger partial charge is 0.389 e. The molecular weight excluding hydrogens is 597 g/mol. The lowest BCUT2D eigenvalue weighted by Gasteiger charge is -2.46. The van der Waals surface area contributed by atoms with Gasteiger partial charge in [0.2, 0.25) is 0 Å². The average molecular weight is 616 g/mol. The number of azide groups is 1. The summed E-state index contributed by atoms with van der Waals surface area (Å²) >= 11 is 9.02. The van der Waals surface area contributed by atoms with Crippen LogP contribution < -0.4 is 0 Å². The Balaban J connectivity index is 1.55. The lowest BCUT2D eigenvalue weighted by atomic mass is 9.91. The molecule has 0 aliphatic carbocycles. The molecule has 0 radical (unpaired) electrons. The zero-order chi connectivity index (χ0) is 27.2. The zero-order valence-corrected chi connectivity index (χ0v) is 21.8. The third kappa shape index (κ3) is 5.00. The summed E-state index contributed by atoms with van der Waals surface area (Å²) in [7, 11) is 0. The summed E-state index contributed by atoms with van der Waals surface area (Å²) in [5.74, 6) is -0.0285. The minimum atomic E-state index is -4.78. The Morgan fingerprint density at radius 3 is 2.66 bits per heavy atom. The fraction of sp³-hybridized carbons (Fsp3) is 0.391. The van der Waals surface area contributed by atoms with E-state index >= 15 is 0 Å². The van der Waals surface area contributed by atoms with Gasteiger partial charge in [-0.15, -0.1) is 0 Å².